The van der Waals surface area contributed by atoms with Crippen molar-refractivity contribution in [1.82, 2.24) is 0 Å². The van der Waals surface area contributed by atoms with Crippen molar-refractivity contribution >= 4 is 77.6 Å². The van der Waals surface area contributed by atoms with Gasteiger partial charge in [0, 0.05) is 0 Å². The van der Waals surface area contributed by atoms with Gasteiger partial charge in [-0.3, -0.25) is 0 Å². The van der Waals surface area contributed by atoms with Crippen LogP contribution in [0.4, 0.5) is 0 Å². The molecule has 0 bridgehead atoms. The average molecular weight is 560 g/mol. The molecule has 0 fully saturated rings. The molecule has 2 nitrogen and oxygen atoms in total. The molecule has 0 aliphatic carbocycles. The van der Waals surface area contributed by atoms with Crippen molar-refractivity contribution < 1.29 is 8.42 Å². The summed E-state index contributed by atoms with van der Waals surface area (Å²) in [7, 11) is -3.31. The van der Waals surface area contributed by atoms with Crippen LogP contribution in [0.5, 0.6) is 0 Å². The lowest BCUT2D eigenvalue weighted by Gasteiger charge is -2.04. The normalized spacial score (nSPS) is 11.2. The largest absolute Gasteiger partial charge is 0.218 e. The summed E-state index contributed by atoms with van der Waals surface area (Å²) >= 11 is 5.88. The van der Waals surface area contributed by atoms with Crippen LogP contribution in [0, 0.1) is 6.92 Å². The molecule has 0 atom stereocenters. The summed E-state index contributed by atoms with van der Waals surface area (Å²) in [6.45, 7) is 1.88. The molecule has 0 saturated heterocycles. The minimum atomic E-state index is -3.31. The minimum absolute atomic E-state index is 0.359. The van der Waals surface area contributed by atoms with Crippen LogP contribution in [0.25, 0.3) is 0 Å². The van der Waals surface area contributed by atoms with Gasteiger partial charge in [0.25, 0.3) is 0 Å². The topological polar surface area (TPSA) is 34.1 Å². The first-order chi connectivity index (χ1) is 6.85. The van der Waals surface area contributed by atoms with Gasteiger partial charge in [0.1, 0.15) is 2.91 Å². The van der Waals surface area contributed by atoms with Crippen LogP contribution in [0.1, 0.15) is 5.56 Å². The van der Waals surface area contributed by atoms with E-state index in [9.17, 15) is 8.42 Å². The van der Waals surface area contributed by atoms with Gasteiger partial charge < -0.3 is 0 Å². The molecule has 0 unspecified atom stereocenters. The third kappa shape index (κ3) is 3.53. The van der Waals surface area contributed by atoms with Crippen LogP contribution in [-0.4, -0.2) is 8.42 Å². The van der Waals surface area contributed by atoms with Gasteiger partial charge in [0.2, 0.25) is 9.84 Å². The van der Waals surface area contributed by atoms with Crippen molar-refractivity contribution in [3.63, 3.8) is 0 Å². The Morgan fingerprint density at radius 3 is 2.27 bits per heavy atom. The van der Waals surface area contributed by atoms with Gasteiger partial charge in [-0.1, -0.05) is 12.1 Å². The molecule has 15 heavy (non-hydrogen) atoms. The van der Waals surface area contributed by atoms with Crippen LogP contribution in [0.3, 0.4) is 0 Å². The van der Waals surface area contributed by atoms with Crippen molar-refractivity contribution in [3.05, 3.63) is 34.3 Å². The van der Waals surface area contributed by atoms with E-state index < -0.39 is 9.84 Å². The molecule has 6 heteroatoms. The van der Waals surface area contributed by atoms with Crippen molar-refractivity contribution in [2.75, 3.05) is 0 Å². The number of halogens is 3. The first-order valence-corrected chi connectivity index (χ1v) is 8.60. The fourth-order valence-corrected chi connectivity index (χ4v) is 4.50. The van der Waals surface area contributed by atoms with Gasteiger partial charge in [0.15, 0.2) is 0 Å². The molecule has 0 N–H and O–H groups in total. The number of rotatable bonds is 2. The Bertz CT molecular complexity index is 502. The van der Waals surface area contributed by atoms with Gasteiger partial charge in [-0.05, 0) is 92.4 Å². The maximum Gasteiger partial charge on any atom is 0.213 e. The van der Waals surface area contributed by atoms with Crippen LogP contribution in [0.2, 0.25) is 0 Å². The molecule has 0 radical (unpaired) electrons. The average Bonchev–Trinajstić information content (AvgIpc) is 2.16. The molecule has 1 aromatic rings. The van der Waals surface area contributed by atoms with E-state index in [0.29, 0.717) is 7.81 Å². The zero-order chi connectivity index (χ0) is 11.6. The Morgan fingerprint density at radius 2 is 1.80 bits per heavy atom. The number of hydrogen-bond donors (Lipinski definition) is 0. The molecule has 1 aromatic carbocycles. The Labute approximate surface area is 130 Å². The van der Waals surface area contributed by atoms with E-state index >= 15 is 0 Å². The van der Waals surface area contributed by atoms with Crippen molar-refractivity contribution in [2.45, 2.75) is 11.8 Å². The third-order valence-corrected chi connectivity index (χ3v) is 9.39. The van der Waals surface area contributed by atoms with E-state index in [0.717, 1.165) is 7.15 Å². The SMILES string of the molecule is Cc1cccc(S(=O)(=O)C(I)=C(I)I)c1. The predicted octanol–water partition coefficient (Wildman–Crippen LogP) is 4.20. The smallest absolute Gasteiger partial charge is 0.213 e. The maximum absolute atomic E-state index is 12.1. The van der Waals surface area contributed by atoms with E-state index in [4.69, 9.17) is 0 Å². The Hall–Kier alpha value is 1.10. The zero-order valence-electron chi connectivity index (χ0n) is 7.67. The Balaban J connectivity index is 3.37. The zero-order valence-corrected chi connectivity index (χ0v) is 15.0. The van der Waals surface area contributed by atoms with Gasteiger partial charge in [-0.25, -0.2) is 8.42 Å². The van der Waals surface area contributed by atoms with Crippen LogP contribution < -0.4 is 0 Å². The van der Waals surface area contributed by atoms with Gasteiger partial charge >= 0.3 is 0 Å². The van der Waals surface area contributed by atoms with E-state index in [1.165, 1.54) is 0 Å². The molecule has 0 aliphatic heterocycles. The quantitative estimate of drug-likeness (QED) is 0.509. The number of aryl methyl sites for hydroxylation is 1. The molecule has 1 rings (SSSR count). The van der Waals surface area contributed by atoms with Gasteiger partial charge in [-0.2, -0.15) is 0 Å². The highest BCUT2D eigenvalue weighted by atomic mass is 127. The molecule has 0 heterocycles. The summed E-state index contributed by atoms with van der Waals surface area (Å²) in [5, 5.41) is 0. The highest BCUT2D eigenvalue weighted by Crippen LogP contribution is 2.33. The number of sulfone groups is 1. The summed E-state index contributed by atoms with van der Waals surface area (Å²) in [6.07, 6.45) is 0. The predicted molar refractivity (Wildman–Crippen MR) is 87.5 cm³/mol. The third-order valence-electron chi connectivity index (χ3n) is 1.68. The molecule has 0 aliphatic rings. The van der Waals surface area contributed by atoms with Crippen molar-refractivity contribution in [3.8, 4) is 0 Å². The molecule has 0 saturated carbocycles. The minimum Gasteiger partial charge on any atom is -0.218 e. The van der Waals surface area contributed by atoms with Crippen LogP contribution in [-0.2, 0) is 9.84 Å². The highest BCUT2D eigenvalue weighted by molar-refractivity contribution is 14.2. The summed E-state index contributed by atoms with van der Waals surface area (Å²) in [6, 6.07) is 6.94. The van der Waals surface area contributed by atoms with E-state index in [2.05, 4.69) is 0 Å². The van der Waals surface area contributed by atoms with Crippen LogP contribution >= 0.6 is 67.8 Å². The lowest BCUT2D eigenvalue weighted by atomic mass is 10.2. The van der Waals surface area contributed by atoms with Gasteiger partial charge in [-0.15, -0.1) is 0 Å². The van der Waals surface area contributed by atoms with Crippen molar-refractivity contribution in [1.29, 1.82) is 0 Å². The molecule has 0 amide bonds. The summed E-state index contributed by atoms with van der Waals surface area (Å²) in [5.74, 6) is 0. The second kappa shape index (κ2) is 5.63. The van der Waals surface area contributed by atoms with E-state index in [1.54, 1.807) is 18.2 Å². The standard InChI is InChI=1S/C9H7I3O2S/c1-6-3-2-4-7(5-6)15(13,14)9(12)8(10)11/h2-5H,1H3. The molecular weight excluding hydrogens is 553 g/mol. The summed E-state index contributed by atoms with van der Waals surface area (Å²) < 4.78 is 25.2. The summed E-state index contributed by atoms with van der Waals surface area (Å²) in [5.41, 5.74) is 0.948. The first-order valence-electron chi connectivity index (χ1n) is 3.88. The van der Waals surface area contributed by atoms with E-state index in [-0.39, 0.29) is 0 Å². The number of benzene rings is 1. The maximum atomic E-state index is 12.1. The molecule has 0 spiro atoms. The molecular formula is C9H7I3O2S. The molecule has 82 valence electrons. The lowest BCUT2D eigenvalue weighted by molar-refractivity contribution is 0.604. The first kappa shape index (κ1) is 14.2. The summed E-state index contributed by atoms with van der Waals surface area (Å²) in [4.78, 5) is 0.359. The van der Waals surface area contributed by atoms with Gasteiger partial charge in [0.05, 0.1) is 6.48 Å². The fraction of sp³-hybridized carbons (Fsp3) is 0.111. The van der Waals surface area contributed by atoms with Crippen LogP contribution in [0.15, 0.2) is 33.7 Å². The second-order valence-electron chi connectivity index (χ2n) is 2.85. The fourth-order valence-electron chi connectivity index (χ4n) is 0.988. The molecule has 0 aromatic heterocycles. The highest BCUT2D eigenvalue weighted by Gasteiger charge is 2.20. The Morgan fingerprint density at radius 1 is 1.20 bits per heavy atom. The second-order valence-corrected chi connectivity index (χ2v) is 10.8. The number of hydrogen-bond acceptors (Lipinski definition) is 2. The van der Waals surface area contributed by atoms with Crippen molar-refractivity contribution in [2.24, 2.45) is 0 Å². The van der Waals surface area contributed by atoms with E-state index in [1.807, 2.05) is 80.8 Å². The monoisotopic (exact) mass is 560 g/mol. The Kier molecular flexibility index (Phi) is 5.31. The lowest BCUT2D eigenvalue weighted by Crippen LogP contribution is -2.00.